The zero-order chi connectivity index (χ0) is 22.9. The van der Waals surface area contributed by atoms with Crippen molar-refractivity contribution in [2.45, 2.75) is 45.2 Å². The van der Waals surface area contributed by atoms with Crippen LogP contribution in [0, 0.1) is 5.82 Å². The van der Waals surface area contributed by atoms with Gasteiger partial charge in [0.15, 0.2) is 0 Å². The van der Waals surface area contributed by atoms with Gasteiger partial charge in [0.1, 0.15) is 11.3 Å². The lowest BCUT2D eigenvalue weighted by molar-refractivity contribution is 0.0940. The van der Waals surface area contributed by atoms with Gasteiger partial charge in [0.25, 0.3) is 11.5 Å². The van der Waals surface area contributed by atoms with Crippen molar-refractivity contribution in [2.75, 3.05) is 0 Å². The summed E-state index contributed by atoms with van der Waals surface area (Å²) in [5.41, 5.74) is 5.06. The number of amides is 1. The van der Waals surface area contributed by atoms with Crippen LogP contribution in [0.25, 0.3) is 5.52 Å². The first-order valence-corrected chi connectivity index (χ1v) is 11.2. The van der Waals surface area contributed by atoms with Crippen LogP contribution in [-0.4, -0.2) is 20.1 Å². The number of fused-ring (bicyclic) bond motifs is 3. The highest BCUT2D eigenvalue weighted by atomic mass is 19.1. The molecule has 0 saturated heterocycles. The normalized spacial score (nSPS) is 14.1. The number of halogens is 1. The average Bonchev–Trinajstić information content (AvgIpc) is 3.21. The Balaban J connectivity index is 1.31. The molecule has 168 valence electrons. The molecule has 33 heavy (non-hydrogen) atoms. The Morgan fingerprint density at radius 1 is 1.06 bits per heavy atom. The number of carbonyl (C=O) groups excluding carboxylic acids is 1. The smallest absolute Gasteiger partial charge is 0.277 e. The van der Waals surface area contributed by atoms with Gasteiger partial charge in [-0.25, -0.2) is 8.91 Å². The zero-order valence-electron chi connectivity index (χ0n) is 18.4. The Morgan fingerprint density at radius 3 is 2.55 bits per heavy atom. The summed E-state index contributed by atoms with van der Waals surface area (Å²) >= 11 is 0. The second-order valence-corrected chi connectivity index (χ2v) is 8.60. The van der Waals surface area contributed by atoms with Crippen LogP contribution in [-0.2, 0) is 19.4 Å². The van der Waals surface area contributed by atoms with Crippen molar-refractivity contribution in [2.24, 2.45) is 0 Å². The fourth-order valence-electron chi connectivity index (χ4n) is 4.45. The third-order valence-electron chi connectivity index (χ3n) is 6.32. The number of hydrogen-bond acceptors (Lipinski definition) is 3. The minimum Gasteiger partial charge on any atom is -0.346 e. The van der Waals surface area contributed by atoms with E-state index in [1.807, 2.05) is 25.3 Å². The Labute approximate surface area is 190 Å². The van der Waals surface area contributed by atoms with Crippen molar-refractivity contribution in [3.05, 3.63) is 105 Å². The summed E-state index contributed by atoms with van der Waals surface area (Å²) in [7, 11) is 0. The fourth-order valence-corrected chi connectivity index (χ4v) is 4.45. The van der Waals surface area contributed by atoms with Gasteiger partial charge in [-0.3, -0.25) is 9.59 Å². The summed E-state index contributed by atoms with van der Waals surface area (Å²) in [4.78, 5) is 25.8. The van der Waals surface area contributed by atoms with Gasteiger partial charge >= 0.3 is 0 Å². The summed E-state index contributed by atoms with van der Waals surface area (Å²) < 4.78 is 16.5. The molecular formula is C26H25FN4O2. The molecule has 2 aromatic carbocycles. The van der Waals surface area contributed by atoms with E-state index in [0.29, 0.717) is 17.6 Å². The Kier molecular flexibility index (Phi) is 5.54. The van der Waals surface area contributed by atoms with Crippen molar-refractivity contribution >= 4 is 11.4 Å². The molecule has 0 fully saturated rings. The van der Waals surface area contributed by atoms with E-state index in [-0.39, 0.29) is 23.3 Å². The van der Waals surface area contributed by atoms with Crippen molar-refractivity contribution < 1.29 is 9.18 Å². The van der Waals surface area contributed by atoms with E-state index in [2.05, 4.69) is 10.4 Å². The highest BCUT2D eigenvalue weighted by molar-refractivity contribution is 5.94. The fraction of sp³-hybridized carbons (Fsp3) is 0.269. The van der Waals surface area contributed by atoms with E-state index in [4.69, 9.17) is 0 Å². The number of nitrogens with one attached hydrogen (secondary N) is 1. The van der Waals surface area contributed by atoms with E-state index < -0.39 is 0 Å². The molecule has 6 nitrogen and oxygen atoms in total. The van der Waals surface area contributed by atoms with Crippen LogP contribution in [0.15, 0.2) is 65.7 Å². The molecule has 1 amide bonds. The van der Waals surface area contributed by atoms with Gasteiger partial charge < -0.3 is 9.88 Å². The number of carbonyl (C=O) groups is 1. The average molecular weight is 445 g/mol. The number of aromatic nitrogens is 3. The Hall–Kier alpha value is -3.74. The van der Waals surface area contributed by atoms with E-state index in [9.17, 15) is 14.0 Å². The largest absolute Gasteiger partial charge is 0.346 e. The Bertz CT molecular complexity index is 1370. The molecule has 1 aliphatic rings. The van der Waals surface area contributed by atoms with Gasteiger partial charge in [0, 0.05) is 23.5 Å². The predicted molar refractivity (Wildman–Crippen MR) is 124 cm³/mol. The molecule has 0 unspecified atom stereocenters. The summed E-state index contributed by atoms with van der Waals surface area (Å²) in [5.74, 6) is -0.512. The summed E-state index contributed by atoms with van der Waals surface area (Å²) in [5, 5.41) is 7.51. The zero-order valence-corrected chi connectivity index (χ0v) is 18.4. The topological polar surface area (TPSA) is 68.4 Å². The maximum absolute atomic E-state index is 13.1. The van der Waals surface area contributed by atoms with Crippen LogP contribution in [0.4, 0.5) is 4.39 Å². The molecule has 0 aliphatic heterocycles. The van der Waals surface area contributed by atoms with E-state index >= 15 is 0 Å². The van der Waals surface area contributed by atoms with Gasteiger partial charge in [-0.1, -0.05) is 24.3 Å². The monoisotopic (exact) mass is 444 g/mol. The summed E-state index contributed by atoms with van der Waals surface area (Å²) in [6.45, 7) is 2.28. The van der Waals surface area contributed by atoms with Crippen molar-refractivity contribution in [3.8, 4) is 0 Å². The molecule has 1 N–H and O–H groups in total. The maximum atomic E-state index is 13.1. The molecule has 1 atom stereocenters. The molecule has 5 rings (SSSR count). The highest BCUT2D eigenvalue weighted by Gasteiger charge is 2.19. The number of nitrogens with zero attached hydrogens (tertiary/aromatic N) is 3. The van der Waals surface area contributed by atoms with E-state index in [0.717, 1.165) is 48.1 Å². The second-order valence-electron chi connectivity index (χ2n) is 8.60. The first kappa shape index (κ1) is 21.1. The molecular weight excluding hydrogens is 419 g/mol. The third kappa shape index (κ3) is 4.18. The quantitative estimate of drug-likeness (QED) is 0.505. The summed E-state index contributed by atoms with van der Waals surface area (Å²) in [6, 6.07) is 13.1. The first-order chi connectivity index (χ1) is 16.0. The van der Waals surface area contributed by atoms with E-state index in [1.54, 1.807) is 39.5 Å². The van der Waals surface area contributed by atoms with Gasteiger partial charge in [-0.05, 0) is 68.0 Å². The van der Waals surface area contributed by atoms with Crippen molar-refractivity contribution in [1.29, 1.82) is 0 Å². The molecule has 1 aliphatic carbocycles. The predicted octanol–water partition coefficient (Wildman–Crippen LogP) is 4.05. The van der Waals surface area contributed by atoms with Crippen LogP contribution in [0.2, 0.25) is 0 Å². The first-order valence-electron chi connectivity index (χ1n) is 11.2. The molecule has 0 radical (unpaired) electrons. The maximum Gasteiger partial charge on any atom is 0.277 e. The standard InChI is InChI=1S/C26H25FN4O2/c1-17(19-10-12-21(27)13-11-19)28-25(32)20-8-6-18(7-9-20)16-30-14-15-31-24(26(30)33)22-4-2-3-5-23(22)29-31/h6-15,17H,2-5,16H2,1H3,(H,28,32)/t17-/m0/s1. The molecule has 2 aromatic heterocycles. The van der Waals surface area contributed by atoms with Gasteiger partial charge in [-0.2, -0.15) is 5.10 Å². The lowest BCUT2D eigenvalue weighted by Gasteiger charge is -2.15. The third-order valence-corrected chi connectivity index (χ3v) is 6.32. The minimum atomic E-state index is -0.306. The van der Waals surface area contributed by atoms with Crippen LogP contribution in [0.5, 0.6) is 0 Å². The van der Waals surface area contributed by atoms with Gasteiger partial charge in [-0.15, -0.1) is 0 Å². The van der Waals surface area contributed by atoms with Crippen LogP contribution < -0.4 is 10.9 Å². The SMILES string of the molecule is C[C@H](NC(=O)c1ccc(Cn2ccn3nc4c(c3c2=O)CCCC4)cc1)c1ccc(F)cc1. The lowest BCUT2D eigenvalue weighted by Crippen LogP contribution is -2.26. The molecule has 4 aromatic rings. The second kappa shape index (κ2) is 8.65. The molecule has 0 bridgehead atoms. The number of rotatable bonds is 5. The molecule has 0 spiro atoms. The summed E-state index contributed by atoms with van der Waals surface area (Å²) in [6.07, 6.45) is 7.64. The minimum absolute atomic E-state index is 0.0388. The molecule has 7 heteroatoms. The highest BCUT2D eigenvalue weighted by Crippen LogP contribution is 2.22. The van der Waals surface area contributed by atoms with Crippen molar-refractivity contribution in [1.82, 2.24) is 19.5 Å². The molecule has 2 heterocycles. The number of aryl methyl sites for hydroxylation is 2. The number of hydrogen-bond donors (Lipinski definition) is 1. The lowest BCUT2D eigenvalue weighted by atomic mass is 9.97. The molecule has 0 saturated carbocycles. The Morgan fingerprint density at radius 2 is 1.79 bits per heavy atom. The van der Waals surface area contributed by atoms with Crippen molar-refractivity contribution in [3.63, 3.8) is 0 Å². The van der Waals surface area contributed by atoms with Gasteiger partial charge in [0.2, 0.25) is 0 Å². The van der Waals surface area contributed by atoms with E-state index in [1.165, 1.54) is 12.1 Å². The van der Waals surface area contributed by atoms with Gasteiger partial charge in [0.05, 0.1) is 18.3 Å². The van der Waals surface area contributed by atoms with Crippen LogP contribution in [0.1, 0.15) is 58.5 Å². The number of benzene rings is 2. The van der Waals surface area contributed by atoms with Crippen LogP contribution in [0.3, 0.4) is 0 Å². The van der Waals surface area contributed by atoms with Crippen LogP contribution >= 0.6 is 0 Å².